The topological polar surface area (TPSA) is 111 Å². The van der Waals surface area contributed by atoms with Gasteiger partial charge in [-0.05, 0) is 61.1 Å². The highest BCUT2D eigenvalue weighted by molar-refractivity contribution is 5.26. The summed E-state index contributed by atoms with van der Waals surface area (Å²) in [5.41, 5.74) is 6.00. The Morgan fingerprint density at radius 2 is 0.864 bits per heavy atom. The molecule has 2 spiro atoms. The van der Waals surface area contributed by atoms with Crippen LogP contribution in [0, 0.1) is 0 Å². The highest BCUT2D eigenvalue weighted by Gasteiger charge is 2.64. The van der Waals surface area contributed by atoms with Crippen molar-refractivity contribution in [3.05, 3.63) is 179 Å². The highest BCUT2D eigenvalue weighted by atomic mass is 16.9. The summed E-state index contributed by atoms with van der Waals surface area (Å²) in [7, 11) is 0. The quantitative estimate of drug-likeness (QED) is 0.0790. The van der Waals surface area contributed by atoms with E-state index in [0.717, 1.165) is 33.4 Å². The Labute approximate surface area is 388 Å². The second-order valence-electron chi connectivity index (χ2n) is 18.3. The minimum absolute atomic E-state index is 0.157. The third-order valence-electron chi connectivity index (χ3n) is 12.3. The first-order valence-corrected chi connectivity index (χ1v) is 23.0. The molecule has 9 rings (SSSR count). The number of hydrogen-bond donors (Lipinski definition) is 0. The minimum Gasteiger partial charge on any atom is -0.374 e. The van der Waals surface area contributed by atoms with Crippen LogP contribution >= 0.6 is 0 Å². The highest BCUT2D eigenvalue weighted by Crippen LogP contribution is 2.45. The second kappa shape index (κ2) is 20.9. The van der Waals surface area contributed by atoms with Crippen LogP contribution in [-0.2, 0) is 96.5 Å². The van der Waals surface area contributed by atoms with Gasteiger partial charge in [-0.2, -0.15) is 0 Å². The van der Waals surface area contributed by atoms with E-state index in [0.29, 0.717) is 26.4 Å². The van der Waals surface area contributed by atoms with E-state index >= 15 is 0 Å². The first kappa shape index (κ1) is 46.7. The zero-order valence-corrected chi connectivity index (χ0v) is 38.3. The van der Waals surface area contributed by atoms with Crippen molar-refractivity contribution in [3.8, 4) is 0 Å². The first-order chi connectivity index (χ1) is 32.1. The minimum atomic E-state index is -1.24. The van der Waals surface area contributed by atoms with E-state index in [4.69, 9.17) is 56.8 Å². The van der Waals surface area contributed by atoms with Gasteiger partial charge in [-0.15, -0.1) is 0 Å². The van der Waals surface area contributed by atoms with Crippen LogP contribution in [0.25, 0.3) is 0 Å². The molecule has 4 aliphatic rings. The number of hydrogen-bond acceptors (Lipinski definition) is 12. The van der Waals surface area contributed by atoms with Gasteiger partial charge in [-0.25, -0.2) is 0 Å². The molecule has 0 N–H and O–H groups in total. The molecule has 12 nitrogen and oxygen atoms in total. The molecule has 4 saturated heterocycles. The third-order valence-corrected chi connectivity index (χ3v) is 12.3. The molecule has 0 aliphatic carbocycles. The maximum absolute atomic E-state index is 6.97. The van der Waals surface area contributed by atoms with Gasteiger partial charge < -0.3 is 56.8 Å². The van der Waals surface area contributed by atoms with Crippen molar-refractivity contribution in [2.75, 3.05) is 26.4 Å². The molecule has 0 saturated carbocycles. The molecule has 12 heteroatoms. The summed E-state index contributed by atoms with van der Waals surface area (Å²) in [6.07, 6.45) is -3.49. The summed E-state index contributed by atoms with van der Waals surface area (Å²) in [5.74, 6) is -4.25. The van der Waals surface area contributed by atoms with Crippen molar-refractivity contribution < 1.29 is 56.8 Å². The van der Waals surface area contributed by atoms with E-state index in [1.54, 1.807) is 0 Å². The Kier molecular flexibility index (Phi) is 14.8. The van der Waals surface area contributed by atoms with Crippen LogP contribution < -0.4 is 0 Å². The summed E-state index contributed by atoms with van der Waals surface area (Å²) in [6, 6.07) is 48.3. The van der Waals surface area contributed by atoms with Crippen LogP contribution in [0.15, 0.2) is 146 Å². The van der Waals surface area contributed by atoms with Crippen molar-refractivity contribution in [2.24, 2.45) is 0 Å². The van der Waals surface area contributed by atoms with Gasteiger partial charge in [0.05, 0.1) is 52.9 Å². The molecule has 5 aromatic carbocycles. The molecule has 4 fully saturated rings. The Morgan fingerprint density at radius 3 is 1.38 bits per heavy atom. The maximum Gasteiger partial charge on any atom is 0.224 e. The van der Waals surface area contributed by atoms with Crippen molar-refractivity contribution >= 4 is 0 Å². The van der Waals surface area contributed by atoms with Crippen molar-refractivity contribution in [3.63, 3.8) is 0 Å². The van der Waals surface area contributed by atoms with Gasteiger partial charge in [0, 0.05) is 0 Å². The van der Waals surface area contributed by atoms with Gasteiger partial charge in [-0.3, -0.25) is 0 Å². The van der Waals surface area contributed by atoms with Crippen molar-refractivity contribution in [1.82, 2.24) is 0 Å². The van der Waals surface area contributed by atoms with Crippen LogP contribution in [0.2, 0.25) is 0 Å². The predicted octanol–water partition coefficient (Wildman–Crippen LogP) is 8.82. The monoisotopic (exact) mass is 902 g/mol. The molecule has 5 aromatic rings. The van der Waals surface area contributed by atoms with Crippen LogP contribution in [0.4, 0.5) is 0 Å². The average molecular weight is 903 g/mol. The number of ether oxygens (including phenoxy) is 12. The predicted molar refractivity (Wildman–Crippen MR) is 243 cm³/mol. The lowest BCUT2D eigenvalue weighted by Crippen LogP contribution is -2.64. The average Bonchev–Trinajstić information content (AvgIpc) is 3.93. The van der Waals surface area contributed by atoms with E-state index in [-0.39, 0.29) is 39.6 Å². The fourth-order valence-electron chi connectivity index (χ4n) is 9.07. The lowest BCUT2D eigenvalue weighted by molar-refractivity contribution is -0.356. The normalized spacial score (nSPS) is 28.9. The van der Waals surface area contributed by atoms with Gasteiger partial charge >= 0.3 is 0 Å². The summed E-state index contributed by atoms with van der Waals surface area (Å²) < 4.78 is 79.2. The molecular weight excluding hydrogens is 841 g/mol. The second-order valence-corrected chi connectivity index (χ2v) is 18.3. The molecule has 0 bridgehead atoms. The molecule has 350 valence electrons. The maximum atomic E-state index is 6.97. The van der Waals surface area contributed by atoms with E-state index in [1.807, 2.05) is 173 Å². The van der Waals surface area contributed by atoms with Gasteiger partial charge in [0.15, 0.2) is 11.6 Å². The summed E-state index contributed by atoms with van der Waals surface area (Å²) in [5, 5.41) is 0. The molecule has 0 amide bonds. The van der Waals surface area contributed by atoms with E-state index in [9.17, 15) is 0 Å². The standard InChI is InChI=1S/C54H62O12/c1-51(2)62-37-53(65-51)49(47(57-30-40-21-11-6-12-22-40)45(36-61-53)56-29-39-19-9-5-10-20-39)60-34-44-28-18-17-27-43(44)33-55-35-46-48(58-31-41-23-13-7-14-24-41)50(59-32-42-25-15-8-16-26-42)54(64-46)38-63-52(3,4)66-54/h5-28,45-50H,29-38H2,1-4H3/t45-,46-,47?,48-,49?,50+,53+,54+/m1/s1. The summed E-state index contributed by atoms with van der Waals surface area (Å²) in [4.78, 5) is 0. The molecule has 8 atom stereocenters. The Hall–Kier alpha value is -4.38. The zero-order chi connectivity index (χ0) is 45.5. The van der Waals surface area contributed by atoms with Crippen molar-refractivity contribution in [2.45, 2.75) is 127 Å². The molecule has 4 heterocycles. The van der Waals surface area contributed by atoms with Gasteiger partial charge in [-0.1, -0.05) is 146 Å². The molecule has 4 aliphatic heterocycles. The lowest BCUT2D eigenvalue weighted by atomic mass is 9.96. The van der Waals surface area contributed by atoms with Crippen LogP contribution in [-0.4, -0.2) is 86.2 Å². The van der Waals surface area contributed by atoms with E-state index < -0.39 is 59.8 Å². The third kappa shape index (κ3) is 11.3. The Bertz CT molecular complexity index is 2260. The molecule has 0 aromatic heterocycles. The van der Waals surface area contributed by atoms with Gasteiger partial charge in [0.25, 0.3) is 0 Å². The van der Waals surface area contributed by atoms with Gasteiger partial charge in [0.2, 0.25) is 11.6 Å². The SMILES string of the molecule is CC1(C)OC[C@]2(OC[C@@H](OCc3ccccc3)C(OCc3ccccc3)C2OCc2ccccc2COC[C@H]2O[C@]3(COC(C)(C)O3)[C@@H](OCc3ccccc3)[C@@H]2OCc2ccccc2)O1. The summed E-state index contributed by atoms with van der Waals surface area (Å²) in [6.45, 7) is 10.2. The smallest absolute Gasteiger partial charge is 0.224 e. The van der Waals surface area contributed by atoms with Crippen LogP contribution in [0.1, 0.15) is 61.1 Å². The van der Waals surface area contributed by atoms with Crippen molar-refractivity contribution in [1.29, 1.82) is 0 Å². The fraction of sp³-hybridized carbons (Fsp3) is 0.444. The summed E-state index contributed by atoms with van der Waals surface area (Å²) >= 11 is 0. The van der Waals surface area contributed by atoms with Crippen LogP contribution in [0.3, 0.4) is 0 Å². The number of rotatable bonds is 19. The largest absolute Gasteiger partial charge is 0.374 e. The Morgan fingerprint density at radius 1 is 0.439 bits per heavy atom. The molecule has 0 radical (unpaired) electrons. The fourth-order valence-corrected chi connectivity index (χ4v) is 9.07. The lowest BCUT2D eigenvalue weighted by Gasteiger charge is -2.47. The first-order valence-electron chi connectivity index (χ1n) is 23.0. The van der Waals surface area contributed by atoms with Gasteiger partial charge in [0.1, 0.15) is 49.8 Å². The van der Waals surface area contributed by atoms with E-state index in [1.165, 1.54) is 0 Å². The van der Waals surface area contributed by atoms with E-state index in [2.05, 4.69) is 0 Å². The van der Waals surface area contributed by atoms with Crippen LogP contribution in [0.5, 0.6) is 0 Å². The number of benzene rings is 5. The molecular formula is C54H62O12. The Balaban J connectivity index is 0.928. The molecule has 66 heavy (non-hydrogen) atoms. The zero-order valence-electron chi connectivity index (χ0n) is 38.3. The molecule has 2 unspecified atom stereocenters.